The van der Waals surface area contributed by atoms with Gasteiger partial charge in [-0.05, 0) is 55.6 Å². The average molecular weight is 486 g/mol. The molecule has 0 aliphatic rings. The summed E-state index contributed by atoms with van der Waals surface area (Å²) in [5, 5.41) is 2.67. The van der Waals surface area contributed by atoms with Crippen molar-refractivity contribution in [1.29, 1.82) is 0 Å². The van der Waals surface area contributed by atoms with Crippen LogP contribution < -0.4 is 14.4 Å². The summed E-state index contributed by atoms with van der Waals surface area (Å²) in [6, 6.07) is 15.7. The number of benzene rings is 3. The average Bonchev–Trinajstić information content (AvgIpc) is 3.24. The number of amides is 1. The van der Waals surface area contributed by atoms with E-state index in [0.29, 0.717) is 35.3 Å². The summed E-state index contributed by atoms with van der Waals surface area (Å²) >= 11 is 1.51. The van der Waals surface area contributed by atoms with Gasteiger partial charge in [-0.3, -0.25) is 9.69 Å². The molecule has 0 radical (unpaired) electrons. The SMILES string of the molecule is COc1cc2ccccc2cc1C(=O)N(CCN(C)C)c1nc2c(OC)ccc(C)c2s1.Cl. The second-order valence-electron chi connectivity index (χ2n) is 7.92. The lowest BCUT2D eigenvalue weighted by Gasteiger charge is -2.23. The molecule has 3 aromatic carbocycles. The van der Waals surface area contributed by atoms with E-state index in [1.165, 1.54) is 11.3 Å². The molecule has 0 aliphatic heterocycles. The highest BCUT2D eigenvalue weighted by atomic mass is 35.5. The number of nitrogens with zero attached hydrogens (tertiary/aromatic N) is 3. The number of fused-ring (bicyclic) bond motifs is 2. The normalized spacial score (nSPS) is 11.0. The molecule has 33 heavy (non-hydrogen) atoms. The zero-order chi connectivity index (χ0) is 22.8. The fourth-order valence-electron chi connectivity index (χ4n) is 3.66. The van der Waals surface area contributed by atoms with Crippen LogP contribution in [0.25, 0.3) is 21.0 Å². The summed E-state index contributed by atoms with van der Waals surface area (Å²) in [7, 11) is 7.21. The van der Waals surface area contributed by atoms with Crippen LogP contribution in [-0.2, 0) is 0 Å². The van der Waals surface area contributed by atoms with Crippen molar-refractivity contribution in [3.8, 4) is 11.5 Å². The van der Waals surface area contributed by atoms with Crippen LogP contribution in [0.5, 0.6) is 11.5 Å². The molecule has 0 saturated carbocycles. The molecule has 0 unspecified atom stereocenters. The Morgan fingerprint density at radius 2 is 1.64 bits per heavy atom. The first-order valence-electron chi connectivity index (χ1n) is 10.4. The molecule has 4 aromatic rings. The summed E-state index contributed by atoms with van der Waals surface area (Å²) in [4.78, 5) is 22.5. The molecular formula is C25H28ClN3O3S. The lowest BCUT2D eigenvalue weighted by atomic mass is 10.0. The van der Waals surface area contributed by atoms with E-state index in [4.69, 9.17) is 14.5 Å². The summed E-state index contributed by atoms with van der Waals surface area (Å²) in [5.74, 6) is 1.12. The lowest BCUT2D eigenvalue weighted by Crippen LogP contribution is -2.37. The van der Waals surface area contributed by atoms with Gasteiger partial charge in [-0.15, -0.1) is 12.4 Å². The van der Waals surface area contributed by atoms with Gasteiger partial charge in [-0.25, -0.2) is 4.98 Å². The predicted octanol–water partition coefficient (Wildman–Crippen LogP) is 5.41. The van der Waals surface area contributed by atoms with Crippen molar-refractivity contribution in [2.45, 2.75) is 6.92 Å². The van der Waals surface area contributed by atoms with Gasteiger partial charge >= 0.3 is 0 Å². The highest BCUT2D eigenvalue weighted by Gasteiger charge is 2.25. The molecule has 0 spiro atoms. The number of halogens is 1. The fraction of sp³-hybridized carbons (Fsp3) is 0.280. The highest BCUT2D eigenvalue weighted by Crippen LogP contribution is 2.37. The molecule has 0 N–H and O–H groups in total. The topological polar surface area (TPSA) is 54.9 Å². The second-order valence-corrected chi connectivity index (χ2v) is 8.90. The number of ether oxygens (including phenoxy) is 2. The Kier molecular flexibility index (Phi) is 7.79. The third-order valence-corrected chi connectivity index (χ3v) is 6.67. The van der Waals surface area contributed by atoms with E-state index in [1.807, 2.05) is 69.6 Å². The van der Waals surface area contributed by atoms with Gasteiger partial charge in [0, 0.05) is 13.1 Å². The molecule has 4 rings (SSSR count). The largest absolute Gasteiger partial charge is 0.496 e. The van der Waals surface area contributed by atoms with Crippen LogP contribution in [0.4, 0.5) is 5.13 Å². The number of rotatable bonds is 7. The summed E-state index contributed by atoms with van der Waals surface area (Å²) in [6.45, 7) is 3.25. The van der Waals surface area contributed by atoms with Crippen molar-refractivity contribution in [3.63, 3.8) is 0 Å². The van der Waals surface area contributed by atoms with Gasteiger partial charge in [0.2, 0.25) is 0 Å². The molecule has 0 aliphatic carbocycles. The maximum absolute atomic E-state index is 13.9. The van der Waals surface area contributed by atoms with Gasteiger partial charge in [0.25, 0.3) is 5.91 Å². The van der Waals surface area contributed by atoms with Gasteiger partial charge < -0.3 is 14.4 Å². The molecule has 1 heterocycles. The van der Waals surface area contributed by atoms with Crippen LogP contribution >= 0.6 is 23.7 Å². The quantitative estimate of drug-likeness (QED) is 0.350. The zero-order valence-electron chi connectivity index (χ0n) is 19.4. The first kappa shape index (κ1) is 24.8. The van der Waals surface area contributed by atoms with E-state index < -0.39 is 0 Å². The number of anilines is 1. The van der Waals surface area contributed by atoms with Crippen LogP contribution in [-0.4, -0.2) is 57.2 Å². The zero-order valence-corrected chi connectivity index (χ0v) is 21.0. The number of aryl methyl sites for hydroxylation is 1. The molecule has 1 amide bonds. The van der Waals surface area contributed by atoms with Gasteiger partial charge in [0.05, 0.1) is 24.5 Å². The summed E-state index contributed by atoms with van der Waals surface area (Å²) in [5.41, 5.74) is 2.40. The molecule has 0 fully saturated rings. The predicted molar refractivity (Wildman–Crippen MR) is 139 cm³/mol. The van der Waals surface area contributed by atoms with Crippen LogP contribution in [0.15, 0.2) is 48.5 Å². The molecular weight excluding hydrogens is 458 g/mol. The molecule has 6 nitrogen and oxygen atoms in total. The van der Waals surface area contributed by atoms with Gasteiger partial charge in [-0.1, -0.05) is 41.7 Å². The van der Waals surface area contributed by atoms with Gasteiger partial charge in [0.1, 0.15) is 17.0 Å². The van der Waals surface area contributed by atoms with E-state index in [-0.39, 0.29) is 18.3 Å². The number of aromatic nitrogens is 1. The third kappa shape index (κ3) is 4.90. The Morgan fingerprint density at radius 3 is 2.27 bits per heavy atom. The highest BCUT2D eigenvalue weighted by molar-refractivity contribution is 7.22. The van der Waals surface area contributed by atoms with Gasteiger partial charge in [-0.2, -0.15) is 0 Å². The van der Waals surface area contributed by atoms with Crippen molar-refractivity contribution in [2.75, 3.05) is 46.3 Å². The minimum absolute atomic E-state index is 0. The lowest BCUT2D eigenvalue weighted by molar-refractivity contribution is 0.0982. The maximum atomic E-state index is 13.9. The van der Waals surface area contributed by atoms with Crippen LogP contribution in [0.1, 0.15) is 15.9 Å². The molecule has 0 saturated heterocycles. The number of hydrogen-bond donors (Lipinski definition) is 0. The minimum atomic E-state index is -0.134. The Balaban J connectivity index is 0.00000306. The maximum Gasteiger partial charge on any atom is 0.263 e. The molecule has 174 valence electrons. The summed E-state index contributed by atoms with van der Waals surface area (Å²) < 4.78 is 12.1. The molecule has 0 atom stereocenters. The van der Waals surface area contributed by atoms with Crippen molar-refractivity contribution in [2.24, 2.45) is 0 Å². The van der Waals surface area contributed by atoms with Crippen molar-refractivity contribution < 1.29 is 14.3 Å². The fourth-order valence-corrected chi connectivity index (χ4v) is 4.74. The van der Waals surface area contributed by atoms with E-state index in [2.05, 4.69) is 4.90 Å². The monoisotopic (exact) mass is 485 g/mol. The van der Waals surface area contributed by atoms with E-state index in [1.54, 1.807) is 19.1 Å². The number of carbonyl (C=O) groups excluding carboxylic acids is 1. The Hall–Kier alpha value is -2.87. The van der Waals surface area contributed by atoms with Crippen molar-refractivity contribution >= 4 is 55.8 Å². The van der Waals surface area contributed by atoms with Crippen LogP contribution in [0.2, 0.25) is 0 Å². The van der Waals surface area contributed by atoms with E-state index in [0.717, 1.165) is 26.6 Å². The van der Waals surface area contributed by atoms with Gasteiger partial charge in [0.15, 0.2) is 5.13 Å². The van der Waals surface area contributed by atoms with Crippen molar-refractivity contribution in [1.82, 2.24) is 9.88 Å². The number of hydrogen-bond acceptors (Lipinski definition) is 6. The smallest absolute Gasteiger partial charge is 0.263 e. The van der Waals surface area contributed by atoms with Crippen molar-refractivity contribution in [3.05, 3.63) is 59.7 Å². The summed E-state index contributed by atoms with van der Waals surface area (Å²) in [6.07, 6.45) is 0. The molecule has 0 bridgehead atoms. The standard InChI is InChI=1S/C25H27N3O3S.ClH/c1-16-10-11-20(30-4)22-23(16)32-25(26-22)28(13-12-27(2)3)24(29)19-14-17-8-6-7-9-18(17)15-21(19)31-5;/h6-11,14-15H,12-13H2,1-5H3;1H. The third-order valence-electron chi connectivity index (χ3n) is 5.46. The number of likely N-dealkylation sites (N-methyl/N-ethyl adjacent to an activating group) is 1. The number of carbonyl (C=O) groups is 1. The van der Waals surface area contributed by atoms with E-state index >= 15 is 0 Å². The van der Waals surface area contributed by atoms with Crippen LogP contribution in [0, 0.1) is 6.92 Å². The van der Waals surface area contributed by atoms with Crippen LogP contribution in [0.3, 0.4) is 0 Å². The molecule has 1 aromatic heterocycles. The number of thiazole rings is 1. The van der Waals surface area contributed by atoms with E-state index in [9.17, 15) is 4.79 Å². The first-order valence-corrected chi connectivity index (χ1v) is 11.2. The second kappa shape index (κ2) is 10.4. The Labute approximate surface area is 204 Å². The Morgan fingerprint density at radius 1 is 0.970 bits per heavy atom. The minimum Gasteiger partial charge on any atom is -0.496 e. The first-order chi connectivity index (χ1) is 15.4. The number of methoxy groups -OCH3 is 2. The molecule has 8 heteroatoms. The Bertz CT molecular complexity index is 1290.